The Kier molecular flexibility index (Phi) is 6.21. The van der Waals surface area contributed by atoms with Crippen molar-refractivity contribution in [2.24, 2.45) is 13.0 Å². The first-order chi connectivity index (χ1) is 15.8. The van der Waals surface area contributed by atoms with Gasteiger partial charge in [-0.1, -0.05) is 43.6 Å². The van der Waals surface area contributed by atoms with Crippen molar-refractivity contribution in [2.45, 2.75) is 25.8 Å². The number of aryl methyl sites for hydroxylation is 1. The third-order valence-corrected chi connectivity index (χ3v) is 5.86. The summed E-state index contributed by atoms with van der Waals surface area (Å²) in [5.74, 6) is -0.866. The van der Waals surface area contributed by atoms with E-state index in [4.69, 9.17) is 11.6 Å². The van der Waals surface area contributed by atoms with E-state index in [1.54, 1.807) is 47.1 Å². The van der Waals surface area contributed by atoms with Crippen molar-refractivity contribution in [2.75, 3.05) is 11.9 Å². The van der Waals surface area contributed by atoms with Crippen molar-refractivity contribution >= 4 is 29.1 Å². The summed E-state index contributed by atoms with van der Waals surface area (Å²) < 4.78 is 1.67. The van der Waals surface area contributed by atoms with Crippen LogP contribution in [0.15, 0.2) is 54.9 Å². The lowest BCUT2D eigenvalue weighted by Gasteiger charge is -2.42. The predicted molar refractivity (Wildman–Crippen MR) is 126 cm³/mol. The zero-order chi connectivity index (χ0) is 23.7. The molecular weight excluding hydrogens is 438 g/mol. The molecule has 0 aliphatic carbocycles. The highest BCUT2D eigenvalue weighted by Crippen LogP contribution is 2.43. The van der Waals surface area contributed by atoms with Crippen molar-refractivity contribution in [3.8, 4) is 6.07 Å². The molecule has 0 radical (unpaired) electrons. The molecule has 2 amide bonds. The maximum absolute atomic E-state index is 13.8. The molecule has 0 fully saturated rings. The Hall–Kier alpha value is -3.63. The van der Waals surface area contributed by atoms with Crippen LogP contribution in [0.2, 0.25) is 5.02 Å². The highest BCUT2D eigenvalue weighted by Gasteiger charge is 2.44. The number of carbonyl (C=O) groups is 2. The van der Waals surface area contributed by atoms with E-state index in [9.17, 15) is 14.9 Å². The predicted octanol–water partition coefficient (Wildman–Crippen LogP) is 4.52. The first kappa shape index (κ1) is 22.6. The zero-order valence-corrected chi connectivity index (χ0v) is 19.4. The average molecular weight is 462 g/mol. The van der Waals surface area contributed by atoms with E-state index in [2.05, 4.69) is 10.4 Å². The monoisotopic (exact) mass is 461 g/mol. The third kappa shape index (κ3) is 4.48. The second-order valence-electron chi connectivity index (χ2n) is 8.64. The Morgan fingerprint density at radius 3 is 2.70 bits per heavy atom. The van der Waals surface area contributed by atoms with Gasteiger partial charge in [0.2, 0.25) is 5.91 Å². The Balaban J connectivity index is 1.83. The van der Waals surface area contributed by atoms with Crippen LogP contribution in [0.4, 0.5) is 5.69 Å². The quantitative estimate of drug-likeness (QED) is 0.604. The minimum absolute atomic E-state index is 0.105. The lowest BCUT2D eigenvalue weighted by Crippen LogP contribution is -2.47. The van der Waals surface area contributed by atoms with Crippen LogP contribution in [-0.4, -0.2) is 33.0 Å². The van der Waals surface area contributed by atoms with Crippen LogP contribution in [0.5, 0.6) is 0 Å². The van der Waals surface area contributed by atoms with Crippen LogP contribution in [-0.2, 0) is 11.8 Å². The van der Waals surface area contributed by atoms with Crippen LogP contribution in [0.3, 0.4) is 0 Å². The highest BCUT2D eigenvalue weighted by molar-refractivity contribution is 6.31. The van der Waals surface area contributed by atoms with Crippen LogP contribution in [0.25, 0.3) is 0 Å². The molecule has 7 nitrogen and oxygen atoms in total. The first-order valence-electron chi connectivity index (χ1n) is 10.7. The van der Waals surface area contributed by atoms with Crippen molar-refractivity contribution in [3.05, 3.63) is 82.1 Å². The van der Waals surface area contributed by atoms with Gasteiger partial charge in [-0.3, -0.25) is 14.3 Å². The third-order valence-electron chi connectivity index (χ3n) is 5.64. The van der Waals surface area contributed by atoms with Crippen LogP contribution < -0.4 is 5.32 Å². The van der Waals surface area contributed by atoms with Crippen molar-refractivity contribution < 1.29 is 9.59 Å². The number of nitrogens with zero attached hydrogens (tertiary/aromatic N) is 4. The number of aromatic nitrogens is 2. The normalized spacial score (nSPS) is 17.6. The first-order valence-corrected chi connectivity index (χ1v) is 11.1. The number of hydrogen-bond acceptors (Lipinski definition) is 4. The molecule has 0 saturated carbocycles. The minimum atomic E-state index is -0.675. The highest BCUT2D eigenvalue weighted by atomic mass is 35.5. The number of carbonyl (C=O) groups excluding carboxylic acids is 2. The van der Waals surface area contributed by atoms with Crippen LogP contribution >= 0.6 is 11.6 Å². The summed E-state index contributed by atoms with van der Waals surface area (Å²) in [6, 6.07) is 13.5. The van der Waals surface area contributed by atoms with E-state index < -0.39 is 12.0 Å². The van der Waals surface area contributed by atoms with Crippen molar-refractivity contribution in [1.29, 1.82) is 5.26 Å². The molecule has 3 aromatic rings. The lowest BCUT2D eigenvalue weighted by atomic mass is 9.79. The number of halogens is 1. The molecule has 1 N–H and O–H groups in total. The fourth-order valence-electron chi connectivity index (χ4n) is 4.38. The second kappa shape index (κ2) is 9.08. The lowest BCUT2D eigenvalue weighted by molar-refractivity contribution is -0.119. The molecule has 1 aliphatic heterocycles. The molecule has 1 aromatic heterocycles. The molecule has 2 aromatic carbocycles. The molecule has 1 aliphatic rings. The Labute approximate surface area is 197 Å². The van der Waals surface area contributed by atoms with Gasteiger partial charge in [0.05, 0.1) is 29.8 Å². The van der Waals surface area contributed by atoms with Gasteiger partial charge in [-0.2, -0.15) is 10.4 Å². The van der Waals surface area contributed by atoms with Gasteiger partial charge in [-0.25, -0.2) is 0 Å². The molecule has 0 bridgehead atoms. The SMILES string of the molecule is CC(C)CN1C(=O)c2ccccc2[C@@H](C(=O)Nc2cc(Cl)cc(C#N)c2)[C@@H]1c1cnn(C)c1. The van der Waals surface area contributed by atoms with Gasteiger partial charge in [0, 0.05) is 41.6 Å². The van der Waals surface area contributed by atoms with Gasteiger partial charge in [-0.05, 0) is 35.7 Å². The second-order valence-corrected chi connectivity index (χ2v) is 9.07. The molecule has 2 heterocycles. The molecule has 4 rings (SSSR count). The summed E-state index contributed by atoms with van der Waals surface area (Å²) >= 11 is 6.14. The number of hydrogen-bond donors (Lipinski definition) is 1. The average Bonchev–Trinajstić information content (AvgIpc) is 3.20. The van der Waals surface area contributed by atoms with E-state index in [0.717, 1.165) is 5.56 Å². The number of nitrogens with one attached hydrogen (secondary N) is 1. The molecule has 0 saturated heterocycles. The maximum atomic E-state index is 13.8. The molecule has 2 atom stereocenters. The van der Waals surface area contributed by atoms with E-state index in [-0.39, 0.29) is 17.7 Å². The Morgan fingerprint density at radius 2 is 2.03 bits per heavy atom. The van der Waals surface area contributed by atoms with Gasteiger partial charge >= 0.3 is 0 Å². The fourth-order valence-corrected chi connectivity index (χ4v) is 4.62. The summed E-state index contributed by atoms with van der Waals surface area (Å²) in [4.78, 5) is 29.0. The number of benzene rings is 2. The van der Waals surface area contributed by atoms with E-state index in [1.807, 2.05) is 38.2 Å². The standard InChI is InChI=1S/C25H24ClN5O2/c1-15(2)13-31-23(17-12-28-30(3)14-17)22(20-6-4-5-7-21(20)25(31)33)24(32)29-19-9-16(11-27)8-18(26)10-19/h4-10,12,14-15,22-23H,13H2,1-3H3,(H,29,32)/t22-,23+/m1/s1. The van der Waals surface area contributed by atoms with Gasteiger partial charge in [0.25, 0.3) is 5.91 Å². The summed E-state index contributed by atoms with van der Waals surface area (Å²) in [6.07, 6.45) is 3.54. The van der Waals surface area contributed by atoms with Crippen molar-refractivity contribution in [3.63, 3.8) is 0 Å². The molecule has 33 heavy (non-hydrogen) atoms. The van der Waals surface area contributed by atoms with Gasteiger partial charge in [0.15, 0.2) is 0 Å². The number of fused-ring (bicyclic) bond motifs is 1. The number of rotatable bonds is 5. The smallest absolute Gasteiger partial charge is 0.254 e. The van der Waals surface area contributed by atoms with Gasteiger partial charge in [0.1, 0.15) is 0 Å². The van der Waals surface area contributed by atoms with Crippen molar-refractivity contribution in [1.82, 2.24) is 14.7 Å². The van der Waals surface area contributed by atoms with E-state index in [0.29, 0.717) is 33.9 Å². The number of amides is 2. The van der Waals surface area contributed by atoms with Crippen LogP contribution in [0.1, 0.15) is 52.9 Å². The molecule has 0 spiro atoms. The topological polar surface area (TPSA) is 91.0 Å². The Bertz CT molecular complexity index is 1260. The largest absolute Gasteiger partial charge is 0.330 e. The summed E-state index contributed by atoms with van der Waals surface area (Å²) in [7, 11) is 1.80. The van der Waals surface area contributed by atoms with E-state index >= 15 is 0 Å². The number of anilines is 1. The zero-order valence-electron chi connectivity index (χ0n) is 18.6. The molecular formula is C25H24ClN5O2. The van der Waals surface area contributed by atoms with E-state index in [1.165, 1.54) is 6.07 Å². The maximum Gasteiger partial charge on any atom is 0.254 e. The summed E-state index contributed by atoms with van der Waals surface area (Å²) in [5, 5.41) is 16.8. The van der Waals surface area contributed by atoms with Gasteiger partial charge < -0.3 is 10.2 Å². The minimum Gasteiger partial charge on any atom is -0.330 e. The fraction of sp³-hybridized carbons (Fsp3) is 0.280. The number of nitriles is 1. The van der Waals surface area contributed by atoms with Crippen LogP contribution in [0, 0.1) is 17.2 Å². The molecule has 8 heteroatoms. The molecule has 0 unspecified atom stereocenters. The van der Waals surface area contributed by atoms with Gasteiger partial charge in [-0.15, -0.1) is 0 Å². The Morgan fingerprint density at radius 1 is 1.27 bits per heavy atom. The summed E-state index contributed by atoms with van der Waals surface area (Å²) in [5.41, 5.74) is 2.74. The molecule has 168 valence electrons. The summed E-state index contributed by atoms with van der Waals surface area (Å²) in [6.45, 7) is 4.57.